The number of morpholine rings is 1. The maximum absolute atomic E-state index is 12.3. The zero-order valence-electron chi connectivity index (χ0n) is 14.8. The molecule has 1 heterocycles. The molecule has 6 heteroatoms. The summed E-state index contributed by atoms with van der Waals surface area (Å²) >= 11 is 0. The van der Waals surface area contributed by atoms with Crippen molar-refractivity contribution in [2.24, 2.45) is 0 Å². The molecule has 0 saturated carbocycles. The molecule has 1 saturated heterocycles. The van der Waals surface area contributed by atoms with Gasteiger partial charge in [0, 0.05) is 18.7 Å². The normalized spacial score (nSPS) is 14.0. The lowest BCUT2D eigenvalue weighted by Crippen LogP contribution is -2.37. The lowest BCUT2D eigenvalue weighted by molar-refractivity contribution is -0.115. The molecular weight excluding hydrogens is 330 g/mol. The molecule has 1 fully saturated rings. The second-order valence-electron chi connectivity index (χ2n) is 6.22. The first-order valence-corrected chi connectivity index (χ1v) is 8.70. The van der Waals surface area contributed by atoms with Crippen LogP contribution in [0.3, 0.4) is 0 Å². The predicted molar refractivity (Wildman–Crippen MR) is 102 cm³/mol. The van der Waals surface area contributed by atoms with Gasteiger partial charge in [-0.1, -0.05) is 29.8 Å². The fourth-order valence-electron chi connectivity index (χ4n) is 2.90. The standard InChI is InChI=1S/C20H23N3O3/c1-15-5-4-6-16(13-15)20(25)21-14-19(24)22-17-7-2-3-8-18(17)23-9-11-26-12-10-23/h2-8,13H,9-12,14H2,1H3,(H,21,25)(H,22,24). The fraction of sp³-hybridized carbons (Fsp3) is 0.300. The van der Waals surface area contributed by atoms with Crippen LogP contribution < -0.4 is 15.5 Å². The summed E-state index contributed by atoms with van der Waals surface area (Å²) in [6.07, 6.45) is 0. The van der Waals surface area contributed by atoms with Crippen molar-refractivity contribution < 1.29 is 14.3 Å². The minimum Gasteiger partial charge on any atom is -0.378 e. The van der Waals surface area contributed by atoms with Crippen molar-refractivity contribution in [2.45, 2.75) is 6.92 Å². The van der Waals surface area contributed by atoms with Crippen molar-refractivity contribution in [1.82, 2.24) is 5.32 Å². The first-order chi connectivity index (χ1) is 12.6. The third-order valence-electron chi connectivity index (χ3n) is 4.22. The van der Waals surface area contributed by atoms with Crippen LogP contribution in [0.25, 0.3) is 0 Å². The van der Waals surface area contributed by atoms with Gasteiger partial charge in [0.1, 0.15) is 0 Å². The van der Waals surface area contributed by atoms with Crippen LogP contribution in [0.1, 0.15) is 15.9 Å². The molecule has 136 valence electrons. The Bertz CT molecular complexity index is 785. The number of amides is 2. The van der Waals surface area contributed by atoms with E-state index in [9.17, 15) is 9.59 Å². The van der Waals surface area contributed by atoms with Gasteiger partial charge in [0.15, 0.2) is 0 Å². The molecule has 0 atom stereocenters. The zero-order valence-corrected chi connectivity index (χ0v) is 14.8. The van der Waals surface area contributed by atoms with E-state index in [1.165, 1.54) is 0 Å². The van der Waals surface area contributed by atoms with Gasteiger partial charge in [-0.2, -0.15) is 0 Å². The summed E-state index contributed by atoms with van der Waals surface area (Å²) in [7, 11) is 0. The molecule has 0 radical (unpaired) electrons. The van der Waals surface area contributed by atoms with E-state index in [0.717, 1.165) is 30.0 Å². The first kappa shape index (κ1) is 17.9. The fourth-order valence-corrected chi connectivity index (χ4v) is 2.90. The number of aryl methyl sites for hydroxylation is 1. The Balaban J connectivity index is 1.59. The minimum atomic E-state index is -0.259. The van der Waals surface area contributed by atoms with Gasteiger partial charge < -0.3 is 20.3 Å². The van der Waals surface area contributed by atoms with Gasteiger partial charge in [-0.3, -0.25) is 9.59 Å². The van der Waals surface area contributed by atoms with Gasteiger partial charge >= 0.3 is 0 Å². The molecule has 0 aromatic heterocycles. The van der Waals surface area contributed by atoms with Crippen molar-refractivity contribution in [3.63, 3.8) is 0 Å². The number of benzene rings is 2. The molecule has 26 heavy (non-hydrogen) atoms. The van der Waals surface area contributed by atoms with Crippen LogP contribution in [-0.2, 0) is 9.53 Å². The van der Waals surface area contributed by atoms with Gasteiger partial charge in [-0.25, -0.2) is 0 Å². The average Bonchev–Trinajstić information content (AvgIpc) is 2.67. The lowest BCUT2D eigenvalue weighted by atomic mass is 10.1. The molecule has 0 spiro atoms. The Morgan fingerprint density at radius 3 is 2.62 bits per heavy atom. The largest absolute Gasteiger partial charge is 0.378 e. The number of rotatable bonds is 5. The first-order valence-electron chi connectivity index (χ1n) is 8.70. The highest BCUT2D eigenvalue weighted by molar-refractivity contribution is 6.00. The predicted octanol–water partition coefficient (Wildman–Crippen LogP) is 2.20. The zero-order chi connectivity index (χ0) is 18.4. The van der Waals surface area contributed by atoms with Crippen LogP contribution in [0, 0.1) is 6.92 Å². The van der Waals surface area contributed by atoms with Crippen molar-refractivity contribution in [3.8, 4) is 0 Å². The van der Waals surface area contributed by atoms with E-state index in [1.54, 1.807) is 12.1 Å². The van der Waals surface area contributed by atoms with E-state index in [1.807, 2.05) is 43.3 Å². The van der Waals surface area contributed by atoms with E-state index < -0.39 is 0 Å². The summed E-state index contributed by atoms with van der Waals surface area (Å²) in [4.78, 5) is 26.6. The average molecular weight is 353 g/mol. The topological polar surface area (TPSA) is 70.7 Å². The SMILES string of the molecule is Cc1cccc(C(=O)NCC(=O)Nc2ccccc2N2CCOCC2)c1. The quantitative estimate of drug-likeness (QED) is 0.865. The molecule has 0 bridgehead atoms. The monoisotopic (exact) mass is 353 g/mol. The number of carbonyl (C=O) groups excluding carboxylic acids is 2. The van der Waals surface area contributed by atoms with E-state index >= 15 is 0 Å². The summed E-state index contributed by atoms with van der Waals surface area (Å²) in [5.41, 5.74) is 3.26. The Labute approximate surface area is 153 Å². The molecule has 2 aromatic rings. The molecule has 1 aliphatic rings. The smallest absolute Gasteiger partial charge is 0.251 e. The summed E-state index contributed by atoms with van der Waals surface area (Å²) in [6, 6.07) is 14.9. The van der Waals surface area contributed by atoms with Crippen LogP contribution in [-0.4, -0.2) is 44.7 Å². The highest BCUT2D eigenvalue weighted by Crippen LogP contribution is 2.26. The lowest BCUT2D eigenvalue weighted by Gasteiger charge is -2.30. The summed E-state index contributed by atoms with van der Waals surface area (Å²) in [5.74, 6) is -0.517. The number of para-hydroxylation sites is 2. The molecular formula is C20H23N3O3. The highest BCUT2D eigenvalue weighted by atomic mass is 16.5. The van der Waals surface area contributed by atoms with E-state index in [-0.39, 0.29) is 18.4 Å². The third kappa shape index (κ3) is 4.61. The number of nitrogens with zero attached hydrogens (tertiary/aromatic N) is 1. The second kappa shape index (κ2) is 8.49. The maximum atomic E-state index is 12.3. The van der Waals surface area contributed by atoms with E-state index in [2.05, 4.69) is 15.5 Å². The van der Waals surface area contributed by atoms with Gasteiger partial charge in [0.25, 0.3) is 5.91 Å². The maximum Gasteiger partial charge on any atom is 0.251 e. The number of ether oxygens (including phenoxy) is 1. The molecule has 2 aromatic carbocycles. The van der Waals surface area contributed by atoms with Gasteiger partial charge in [0.2, 0.25) is 5.91 Å². The van der Waals surface area contributed by atoms with Crippen LogP contribution in [0.15, 0.2) is 48.5 Å². The Hall–Kier alpha value is -2.86. The number of hydrogen-bond donors (Lipinski definition) is 2. The van der Waals surface area contributed by atoms with Gasteiger partial charge in [-0.15, -0.1) is 0 Å². The van der Waals surface area contributed by atoms with Crippen LogP contribution in [0.5, 0.6) is 0 Å². The molecule has 1 aliphatic heterocycles. The van der Waals surface area contributed by atoms with Crippen molar-refractivity contribution in [2.75, 3.05) is 43.1 Å². The number of nitrogens with one attached hydrogen (secondary N) is 2. The Morgan fingerprint density at radius 1 is 1.08 bits per heavy atom. The minimum absolute atomic E-state index is 0.0791. The number of anilines is 2. The summed E-state index contributed by atoms with van der Waals surface area (Å²) in [5, 5.41) is 5.55. The Morgan fingerprint density at radius 2 is 1.85 bits per heavy atom. The molecule has 6 nitrogen and oxygen atoms in total. The molecule has 0 unspecified atom stereocenters. The van der Waals surface area contributed by atoms with Crippen LogP contribution >= 0.6 is 0 Å². The van der Waals surface area contributed by atoms with Crippen molar-refractivity contribution >= 4 is 23.2 Å². The highest BCUT2D eigenvalue weighted by Gasteiger charge is 2.16. The second-order valence-corrected chi connectivity index (χ2v) is 6.22. The molecule has 2 amide bonds. The van der Waals surface area contributed by atoms with Crippen LogP contribution in [0.4, 0.5) is 11.4 Å². The van der Waals surface area contributed by atoms with E-state index in [4.69, 9.17) is 4.74 Å². The van der Waals surface area contributed by atoms with E-state index in [0.29, 0.717) is 18.8 Å². The third-order valence-corrected chi connectivity index (χ3v) is 4.22. The van der Waals surface area contributed by atoms with Crippen molar-refractivity contribution in [1.29, 1.82) is 0 Å². The Kier molecular flexibility index (Phi) is 5.86. The molecule has 2 N–H and O–H groups in total. The van der Waals surface area contributed by atoms with Crippen molar-refractivity contribution in [3.05, 3.63) is 59.7 Å². The summed E-state index contributed by atoms with van der Waals surface area (Å²) in [6.45, 7) is 4.77. The van der Waals surface area contributed by atoms with Gasteiger partial charge in [0.05, 0.1) is 31.1 Å². The number of hydrogen-bond acceptors (Lipinski definition) is 4. The molecule has 3 rings (SSSR count). The summed E-state index contributed by atoms with van der Waals surface area (Å²) < 4.78 is 5.38. The van der Waals surface area contributed by atoms with Crippen LogP contribution in [0.2, 0.25) is 0 Å². The number of carbonyl (C=O) groups is 2. The molecule has 0 aliphatic carbocycles. The van der Waals surface area contributed by atoms with Gasteiger partial charge in [-0.05, 0) is 31.2 Å².